The van der Waals surface area contributed by atoms with Gasteiger partial charge < -0.3 is 0 Å². The monoisotopic (exact) mass is 356 g/mol. The van der Waals surface area contributed by atoms with Crippen molar-refractivity contribution in [3.05, 3.63) is 29.8 Å². The van der Waals surface area contributed by atoms with E-state index in [0.29, 0.717) is 22.8 Å². The first-order valence-corrected chi connectivity index (χ1v) is 11.4. The largest absolute Gasteiger partial charge is 0.281 e. The van der Waals surface area contributed by atoms with E-state index in [1.165, 1.54) is 0 Å². The quantitative estimate of drug-likeness (QED) is 0.765. The maximum atomic E-state index is 13.0. The molecule has 0 saturated carbocycles. The van der Waals surface area contributed by atoms with E-state index in [1.807, 2.05) is 26.0 Å². The molecule has 0 atom stereocenters. The van der Waals surface area contributed by atoms with Crippen LogP contribution in [-0.2, 0) is 21.1 Å². The predicted molar refractivity (Wildman–Crippen MR) is 100 cm³/mol. The van der Waals surface area contributed by atoms with E-state index in [4.69, 9.17) is 0 Å². The zero-order chi connectivity index (χ0) is 17.3. The Balaban J connectivity index is 2.15. The first-order valence-electron chi connectivity index (χ1n) is 8.43. The molecule has 0 radical (unpaired) electrons. The molecule has 1 fully saturated rings. The summed E-state index contributed by atoms with van der Waals surface area (Å²) in [5.41, 5.74) is 1.41. The number of hydrogen-bond donors (Lipinski definition) is 0. The highest BCUT2D eigenvalue weighted by molar-refractivity contribution is 8.06. The van der Waals surface area contributed by atoms with Crippen molar-refractivity contribution in [3.8, 4) is 0 Å². The summed E-state index contributed by atoms with van der Waals surface area (Å²) in [4.78, 5) is 0.426. The minimum atomic E-state index is -3.37. The van der Waals surface area contributed by atoms with Gasteiger partial charge in [-0.2, -0.15) is 0 Å². The number of sulfonamides is 1. The van der Waals surface area contributed by atoms with Gasteiger partial charge in [0, 0.05) is 0 Å². The van der Waals surface area contributed by atoms with Gasteiger partial charge in [-0.15, -0.1) is 0 Å². The van der Waals surface area contributed by atoms with E-state index in [-0.39, 0.29) is 11.1 Å². The van der Waals surface area contributed by atoms with Gasteiger partial charge in [-0.1, -0.05) is 38.5 Å². The van der Waals surface area contributed by atoms with Crippen molar-refractivity contribution in [2.75, 3.05) is 18.1 Å². The van der Waals surface area contributed by atoms with Gasteiger partial charge in [0.2, 0.25) is 0 Å². The van der Waals surface area contributed by atoms with Crippen LogP contribution in [-0.4, -0.2) is 30.2 Å². The van der Waals surface area contributed by atoms with Crippen molar-refractivity contribution in [1.29, 1.82) is 0 Å². The fraction of sp³-hybridized carbons (Fsp3) is 0.667. The Labute approximate surface area is 145 Å². The van der Waals surface area contributed by atoms with Gasteiger partial charge in [0.25, 0.3) is 10.0 Å². The molecule has 1 saturated heterocycles. The second kappa shape index (κ2) is 7.16. The normalized spacial score (nSPS) is 23.2. The molecule has 1 aliphatic heterocycles. The maximum absolute atomic E-state index is 13.0. The SMILES string of the molecule is CCN([S+]1CCC(C(C)(C)C)CC1)S(=O)(=O)c1ccc(C)cc1. The van der Waals surface area contributed by atoms with Crippen molar-refractivity contribution in [3.63, 3.8) is 0 Å². The van der Waals surface area contributed by atoms with E-state index >= 15 is 0 Å². The Morgan fingerprint density at radius 2 is 1.65 bits per heavy atom. The molecule has 0 spiro atoms. The Kier molecular flexibility index (Phi) is 5.85. The smallest absolute Gasteiger partial charge is 0.203 e. The first-order chi connectivity index (χ1) is 10.7. The van der Waals surface area contributed by atoms with Crippen molar-refractivity contribution in [1.82, 2.24) is 3.71 Å². The average molecular weight is 357 g/mol. The lowest BCUT2D eigenvalue weighted by Crippen LogP contribution is -2.44. The highest BCUT2D eigenvalue weighted by Crippen LogP contribution is 2.37. The third-order valence-corrected chi connectivity index (χ3v) is 9.89. The highest BCUT2D eigenvalue weighted by atomic mass is 32.3. The van der Waals surface area contributed by atoms with E-state index in [9.17, 15) is 8.42 Å². The lowest BCUT2D eigenvalue weighted by Gasteiger charge is -2.34. The number of aryl methyl sites for hydroxylation is 1. The Morgan fingerprint density at radius 3 is 2.09 bits per heavy atom. The number of rotatable bonds is 4. The highest BCUT2D eigenvalue weighted by Gasteiger charge is 2.43. The third kappa shape index (κ3) is 4.31. The van der Waals surface area contributed by atoms with Crippen LogP contribution in [0.15, 0.2) is 29.2 Å². The Morgan fingerprint density at radius 1 is 1.13 bits per heavy atom. The zero-order valence-electron chi connectivity index (χ0n) is 15.0. The van der Waals surface area contributed by atoms with Gasteiger partial charge in [-0.05, 0) is 53.9 Å². The maximum Gasteiger partial charge on any atom is 0.281 e. The molecule has 0 N–H and O–H groups in total. The fourth-order valence-electron chi connectivity index (χ4n) is 3.19. The number of nitrogens with zero attached hydrogens (tertiary/aromatic N) is 1. The van der Waals surface area contributed by atoms with Gasteiger partial charge in [0.1, 0.15) is 11.5 Å². The van der Waals surface area contributed by atoms with E-state index in [2.05, 4.69) is 20.8 Å². The molecule has 0 aliphatic carbocycles. The van der Waals surface area contributed by atoms with Gasteiger partial charge in [0.05, 0.1) is 22.5 Å². The summed E-state index contributed by atoms with van der Waals surface area (Å²) >= 11 is -0.168. The van der Waals surface area contributed by atoms with Gasteiger partial charge in [-0.25, -0.2) is 8.42 Å². The molecule has 5 heteroatoms. The average Bonchev–Trinajstić information content (AvgIpc) is 2.48. The Hall–Kier alpha value is -0.520. The standard InChI is InChI=1S/C18H30NO2S2/c1-6-19(22-13-11-16(12-14-22)18(3,4)5)23(20,21)17-9-7-15(2)8-10-17/h7-10,16H,6,11-14H2,1-5H3/q+1. The minimum Gasteiger partial charge on any atom is -0.203 e. The molecule has 0 bridgehead atoms. The summed E-state index contributed by atoms with van der Waals surface area (Å²) in [6, 6.07) is 7.22. The summed E-state index contributed by atoms with van der Waals surface area (Å²) < 4.78 is 27.7. The summed E-state index contributed by atoms with van der Waals surface area (Å²) in [7, 11) is -3.37. The zero-order valence-corrected chi connectivity index (χ0v) is 16.6. The second-order valence-electron chi connectivity index (χ2n) is 7.45. The number of hydrogen-bond acceptors (Lipinski definition) is 2. The summed E-state index contributed by atoms with van der Waals surface area (Å²) in [6.45, 7) is 11.4. The molecule has 3 nitrogen and oxygen atoms in total. The first kappa shape index (κ1) is 18.8. The Bertz CT molecular complexity index is 609. The molecule has 2 rings (SSSR count). The molecule has 130 valence electrons. The van der Waals surface area contributed by atoms with Gasteiger partial charge in [-0.3, -0.25) is 0 Å². The molecule has 0 amide bonds. The van der Waals surface area contributed by atoms with E-state index < -0.39 is 10.0 Å². The van der Waals surface area contributed by atoms with Gasteiger partial charge >= 0.3 is 0 Å². The summed E-state index contributed by atoms with van der Waals surface area (Å²) in [6.07, 6.45) is 2.26. The van der Waals surface area contributed by atoms with Crippen molar-refractivity contribution < 1.29 is 8.42 Å². The van der Waals surface area contributed by atoms with Crippen LogP contribution in [0.2, 0.25) is 0 Å². The predicted octanol–water partition coefficient (Wildman–Crippen LogP) is 4.00. The number of benzene rings is 1. The summed E-state index contributed by atoms with van der Waals surface area (Å²) in [5.74, 6) is 2.70. The molecule has 0 unspecified atom stereocenters. The van der Waals surface area contributed by atoms with Crippen LogP contribution in [0.25, 0.3) is 0 Å². The van der Waals surface area contributed by atoms with Gasteiger partial charge in [0.15, 0.2) is 0 Å². The lowest BCUT2D eigenvalue weighted by atomic mass is 9.77. The van der Waals surface area contributed by atoms with Crippen LogP contribution >= 0.6 is 0 Å². The van der Waals surface area contributed by atoms with Crippen LogP contribution in [0.5, 0.6) is 0 Å². The van der Waals surface area contributed by atoms with E-state index in [1.54, 1.807) is 15.8 Å². The van der Waals surface area contributed by atoms with Crippen LogP contribution in [0.1, 0.15) is 46.1 Å². The molecular weight excluding hydrogens is 326 g/mol. The third-order valence-electron chi connectivity index (χ3n) is 4.76. The summed E-state index contributed by atoms with van der Waals surface area (Å²) in [5, 5.41) is 0. The molecule has 1 aromatic carbocycles. The lowest BCUT2D eigenvalue weighted by molar-refractivity contribution is 0.223. The van der Waals surface area contributed by atoms with Crippen LogP contribution in [0.4, 0.5) is 0 Å². The second-order valence-corrected chi connectivity index (χ2v) is 11.7. The molecule has 0 aromatic heterocycles. The fourth-order valence-corrected chi connectivity index (χ4v) is 8.15. The minimum absolute atomic E-state index is 0.168. The molecule has 1 aliphatic rings. The van der Waals surface area contributed by atoms with Crippen LogP contribution in [0, 0.1) is 18.3 Å². The van der Waals surface area contributed by atoms with Crippen molar-refractivity contribution >= 4 is 21.1 Å². The molecule has 1 aromatic rings. The molecule has 23 heavy (non-hydrogen) atoms. The van der Waals surface area contributed by atoms with Crippen LogP contribution in [0.3, 0.4) is 0 Å². The van der Waals surface area contributed by atoms with Crippen molar-refractivity contribution in [2.45, 2.75) is 52.4 Å². The molecule has 1 heterocycles. The van der Waals surface area contributed by atoms with E-state index in [0.717, 1.165) is 29.9 Å². The molecular formula is C18H30NO2S2+. The topological polar surface area (TPSA) is 37.4 Å². The van der Waals surface area contributed by atoms with Crippen molar-refractivity contribution in [2.24, 2.45) is 11.3 Å². The van der Waals surface area contributed by atoms with Crippen LogP contribution < -0.4 is 0 Å².